The van der Waals surface area contributed by atoms with Crippen LogP contribution in [0.1, 0.15) is 56.1 Å². The molecule has 0 spiro atoms. The third-order valence-electron chi connectivity index (χ3n) is 5.32. The molecule has 0 aromatic heterocycles. The average Bonchev–Trinajstić information content (AvgIpc) is 2.67. The van der Waals surface area contributed by atoms with Gasteiger partial charge in [-0.1, -0.05) is 61.9 Å². The Kier molecular flexibility index (Phi) is 10.1. The smallest absolute Gasteiger partial charge is 0.180 e. The van der Waals surface area contributed by atoms with Gasteiger partial charge in [0, 0.05) is 18.2 Å². The van der Waals surface area contributed by atoms with E-state index in [9.17, 15) is 4.39 Å². The van der Waals surface area contributed by atoms with Gasteiger partial charge in [-0.05, 0) is 36.6 Å². The van der Waals surface area contributed by atoms with Gasteiger partial charge in [0.1, 0.15) is 12.4 Å². The van der Waals surface area contributed by atoms with E-state index in [1.807, 2.05) is 12.1 Å². The monoisotopic (exact) mass is 441 g/mol. The highest BCUT2D eigenvalue weighted by Gasteiger charge is 2.15. The van der Waals surface area contributed by atoms with E-state index < -0.39 is 0 Å². The molecule has 2 aromatic carbocycles. The third-order valence-corrected chi connectivity index (χ3v) is 5.60. The van der Waals surface area contributed by atoms with Gasteiger partial charge in [0.15, 0.2) is 11.5 Å². The second-order valence-corrected chi connectivity index (χ2v) is 7.82. The summed E-state index contributed by atoms with van der Waals surface area (Å²) in [5.41, 5.74) is 1.54. The number of methoxy groups -OCH3 is 1. The highest BCUT2D eigenvalue weighted by Crippen LogP contribution is 2.37. The molecule has 1 aliphatic carbocycles. The minimum atomic E-state index is -0.294. The van der Waals surface area contributed by atoms with Crippen molar-refractivity contribution in [1.29, 1.82) is 0 Å². The molecule has 160 valence electrons. The number of hydrogen-bond acceptors (Lipinski definition) is 3. The summed E-state index contributed by atoms with van der Waals surface area (Å²) >= 11 is 6.46. The van der Waals surface area contributed by atoms with Gasteiger partial charge in [0.25, 0.3) is 0 Å². The van der Waals surface area contributed by atoms with E-state index in [1.54, 1.807) is 25.3 Å². The molecule has 6 heteroatoms. The summed E-state index contributed by atoms with van der Waals surface area (Å²) in [7, 11) is 1.59. The van der Waals surface area contributed by atoms with Crippen LogP contribution in [0.4, 0.5) is 4.39 Å². The lowest BCUT2D eigenvalue weighted by Crippen LogP contribution is -2.29. The van der Waals surface area contributed by atoms with Gasteiger partial charge in [0.05, 0.1) is 12.1 Å². The van der Waals surface area contributed by atoms with Crippen molar-refractivity contribution in [1.82, 2.24) is 5.32 Å². The normalized spacial score (nSPS) is 15.1. The fraction of sp³-hybridized carbons (Fsp3) is 0.478. The predicted octanol–water partition coefficient (Wildman–Crippen LogP) is 6.69. The zero-order chi connectivity index (χ0) is 19.8. The van der Waals surface area contributed by atoms with E-state index in [2.05, 4.69) is 5.32 Å². The summed E-state index contributed by atoms with van der Waals surface area (Å²) in [6, 6.07) is 11.0. The van der Waals surface area contributed by atoms with Crippen molar-refractivity contribution in [3.8, 4) is 11.5 Å². The number of rotatable bonds is 7. The topological polar surface area (TPSA) is 30.5 Å². The molecular weight excluding hydrogens is 412 g/mol. The van der Waals surface area contributed by atoms with E-state index in [1.165, 1.54) is 51.0 Å². The zero-order valence-corrected chi connectivity index (χ0v) is 18.5. The van der Waals surface area contributed by atoms with Gasteiger partial charge in [-0.15, -0.1) is 12.4 Å². The van der Waals surface area contributed by atoms with Crippen molar-refractivity contribution in [3.05, 3.63) is 58.4 Å². The van der Waals surface area contributed by atoms with Crippen molar-refractivity contribution in [3.63, 3.8) is 0 Å². The lowest BCUT2D eigenvalue weighted by Gasteiger charge is -2.21. The average molecular weight is 442 g/mol. The first-order valence-electron chi connectivity index (χ1n) is 10.1. The van der Waals surface area contributed by atoms with E-state index in [0.29, 0.717) is 28.1 Å². The van der Waals surface area contributed by atoms with Gasteiger partial charge >= 0.3 is 0 Å². The molecule has 3 rings (SSSR count). The molecule has 1 aliphatic rings. The van der Waals surface area contributed by atoms with Crippen LogP contribution in [-0.2, 0) is 13.2 Å². The summed E-state index contributed by atoms with van der Waals surface area (Å²) in [6.07, 6.45) is 9.10. The number of halogens is 3. The molecule has 0 atom stereocenters. The van der Waals surface area contributed by atoms with Crippen LogP contribution in [-0.4, -0.2) is 13.2 Å². The number of benzene rings is 2. The minimum absolute atomic E-state index is 0. The Hall–Kier alpha value is -1.49. The highest BCUT2D eigenvalue weighted by atomic mass is 35.5. The predicted molar refractivity (Wildman–Crippen MR) is 119 cm³/mol. The van der Waals surface area contributed by atoms with Crippen molar-refractivity contribution in [2.75, 3.05) is 7.11 Å². The van der Waals surface area contributed by atoms with Gasteiger partial charge < -0.3 is 14.8 Å². The van der Waals surface area contributed by atoms with E-state index in [0.717, 1.165) is 12.1 Å². The minimum Gasteiger partial charge on any atom is -0.493 e. The van der Waals surface area contributed by atoms with Crippen LogP contribution in [0.25, 0.3) is 0 Å². The number of ether oxygens (including phenoxy) is 2. The molecule has 3 nitrogen and oxygen atoms in total. The van der Waals surface area contributed by atoms with Crippen LogP contribution in [0, 0.1) is 5.82 Å². The third kappa shape index (κ3) is 7.06. The Bertz CT molecular complexity index is 765. The van der Waals surface area contributed by atoms with E-state index in [-0.39, 0.29) is 24.8 Å². The fourth-order valence-corrected chi connectivity index (χ4v) is 3.99. The molecule has 0 saturated heterocycles. The maximum atomic E-state index is 13.8. The van der Waals surface area contributed by atoms with Gasteiger partial charge in [-0.2, -0.15) is 0 Å². The SMILES string of the molecule is COc1cc(CNC2CCCCCCC2)cc(Cl)c1OCc1ccccc1F.Cl. The van der Waals surface area contributed by atoms with Crippen molar-refractivity contribution < 1.29 is 13.9 Å². The molecule has 2 aromatic rings. The molecule has 1 fully saturated rings. The molecule has 29 heavy (non-hydrogen) atoms. The zero-order valence-electron chi connectivity index (χ0n) is 16.9. The first-order chi connectivity index (χ1) is 13.7. The first kappa shape index (κ1) is 23.8. The first-order valence-corrected chi connectivity index (χ1v) is 10.5. The molecular formula is C23H30Cl2FNO2. The Labute approximate surface area is 184 Å². The Morgan fingerprint density at radius 2 is 1.76 bits per heavy atom. The second-order valence-electron chi connectivity index (χ2n) is 7.41. The van der Waals surface area contributed by atoms with Gasteiger partial charge in [-0.25, -0.2) is 4.39 Å². The van der Waals surface area contributed by atoms with Crippen LogP contribution in [0.5, 0.6) is 11.5 Å². The molecule has 1 N–H and O–H groups in total. The van der Waals surface area contributed by atoms with E-state index >= 15 is 0 Å². The molecule has 0 aliphatic heterocycles. The highest BCUT2D eigenvalue weighted by molar-refractivity contribution is 6.32. The summed E-state index contributed by atoms with van der Waals surface area (Å²) in [4.78, 5) is 0. The van der Waals surface area contributed by atoms with Gasteiger partial charge in [-0.3, -0.25) is 0 Å². The van der Waals surface area contributed by atoms with Crippen LogP contribution < -0.4 is 14.8 Å². The Balaban J connectivity index is 0.00000300. The lowest BCUT2D eigenvalue weighted by molar-refractivity contribution is 0.279. The fourth-order valence-electron chi connectivity index (χ4n) is 3.70. The molecule has 0 unspecified atom stereocenters. The molecule has 0 heterocycles. The van der Waals surface area contributed by atoms with E-state index in [4.69, 9.17) is 21.1 Å². The van der Waals surface area contributed by atoms with Crippen LogP contribution in [0.15, 0.2) is 36.4 Å². The number of nitrogens with one attached hydrogen (secondary N) is 1. The molecule has 1 saturated carbocycles. The molecule has 0 radical (unpaired) electrons. The van der Waals surface area contributed by atoms with Crippen molar-refractivity contribution in [2.24, 2.45) is 0 Å². The standard InChI is InChI=1S/C23H29ClFNO2.ClH/c1-27-22-14-17(15-26-19-10-5-3-2-4-6-11-19)13-20(24)23(22)28-16-18-9-7-8-12-21(18)25;/h7-9,12-14,19,26H,2-6,10-11,15-16H2,1H3;1H. The Morgan fingerprint density at radius 3 is 2.45 bits per heavy atom. The lowest BCUT2D eigenvalue weighted by atomic mass is 9.96. The second kappa shape index (κ2) is 12.3. The molecule has 0 amide bonds. The molecule has 0 bridgehead atoms. The maximum Gasteiger partial charge on any atom is 0.180 e. The largest absolute Gasteiger partial charge is 0.493 e. The maximum absolute atomic E-state index is 13.8. The number of hydrogen-bond donors (Lipinski definition) is 1. The van der Waals surface area contributed by atoms with Crippen LogP contribution >= 0.6 is 24.0 Å². The summed E-state index contributed by atoms with van der Waals surface area (Å²) in [5, 5.41) is 4.14. The van der Waals surface area contributed by atoms with Crippen LogP contribution in [0.3, 0.4) is 0 Å². The quantitative estimate of drug-likeness (QED) is 0.518. The Morgan fingerprint density at radius 1 is 1.07 bits per heavy atom. The summed E-state index contributed by atoms with van der Waals surface area (Å²) in [5.74, 6) is 0.720. The van der Waals surface area contributed by atoms with Crippen molar-refractivity contribution in [2.45, 2.75) is 64.1 Å². The van der Waals surface area contributed by atoms with Crippen LogP contribution in [0.2, 0.25) is 5.02 Å². The summed E-state index contributed by atoms with van der Waals surface area (Å²) in [6.45, 7) is 0.844. The van der Waals surface area contributed by atoms with Gasteiger partial charge in [0.2, 0.25) is 0 Å². The summed E-state index contributed by atoms with van der Waals surface area (Å²) < 4.78 is 25.1. The van der Waals surface area contributed by atoms with Crippen molar-refractivity contribution >= 4 is 24.0 Å².